The SMILES string of the molecule is CCOc1cc(/C=C(\C#N)C(=O)Nc2ccc(Cl)cc2)c(Br)cc1OCc1ccc(C(=O)O)cc1. The molecule has 0 bridgehead atoms. The normalized spacial score (nSPS) is 10.9. The molecule has 178 valence electrons. The summed E-state index contributed by atoms with van der Waals surface area (Å²) in [7, 11) is 0. The number of carbonyl (C=O) groups excluding carboxylic acids is 1. The van der Waals surface area contributed by atoms with E-state index in [9.17, 15) is 14.9 Å². The summed E-state index contributed by atoms with van der Waals surface area (Å²) in [5, 5.41) is 21.8. The second kappa shape index (κ2) is 12.1. The Kier molecular flexibility index (Phi) is 8.90. The number of rotatable bonds is 9. The van der Waals surface area contributed by atoms with Gasteiger partial charge in [0.2, 0.25) is 0 Å². The van der Waals surface area contributed by atoms with Gasteiger partial charge >= 0.3 is 5.97 Å². The number of ether oxygens (including phenoxy) is 2. The van der Waals surface area contributed by atoms with E-state index >= 15 is 0 Å². The molecule has 7 nitrogen and oxygen atoms in total. The smallest absolute Gasteiger partial charge is 0.335 e. The van der Waals surface area contributed by atoms with Crippen LogP contribution in [0.5, 0.6) is 11.5 Å². The zero-order valence-electron chi connectivity index (χ0n) is 18.5. The molecule has 0 radical (unpaired) electrons. The molecule has 0 saturated heterocycles. The third kappa shape index (κ3) is 7.09. The number of amides is 1. The average molecular weight is 556 g/mol. The van der Waals surface area contributed by atoms with Gasteiger partial charge in [-0.25, -0.2) is 4.79 Å². The molecular weight excluding hydrogens is 536 g/mol. The summed E-state index contributed by atoms with van der Waals surface area (Å²) in [5.41, 5.74) is 1.93. The minimum atomic E-state index is -0.998. The fourth-order valence-electron chi connectivity index (χ4n) is 2.98. The van der Waals surface area contributed by atoms with Crippen molar-refractivity contribution in [1.82, 2.24) is 0 Å². The van der Waals surface area contributed by atoms with E-state index in [4.69, 9.17) is 26.2 Å². The van der Waals surface area contributed by atoms with Crippen LogP contribution in [0.1, 0.15) is 28.4 Å². The number of aromatic carboxylic acids is 1. The quantitative estimate of drug-likeness (QED) is 0.236. The van der Waals surface area contributed by atoms with Crippen LogP contribution < -0.4 is 14.8 Å². The molecule has 35 heavy (non-hydrogen) atoms. The lowest BCUT2D eigenvalue weighted by atomic mass is 10.1. The van der Waals surface area contributed by atoms with Crippen molar-refractivity contribution in [3.05, 3.63) is 92.4 Å². The van der Waals surface area contributed by atoms with Gasteiger partial charge in [-0.05, 0) is 72.7 Å². The number of benzene rings is 3. The Hall–Kier alpha value is -3.80. The van der Waals surface area contributed by atoms with Crippen LogP contribution in [-0.2, 0) is 11.4 Å². The number of carbonyl (C=O) groups is 2. The second-order valence-electron chi connectivity index (χ2n) is 7.18. The highest BCUT2D eigenvalue weighted by Crippen LogP contribution is 2.35. The standard InChI is InChI=1S/C26H20BrClN2O5/c1-2-34-23-12-18(11-19(14-29)25(31)30-21-9-7-20(28)8-10-21)22(27)13-24(23)35-15-16-3-5-17(6-4-16)26(32)33/h3-13H,2,15H2,1H3,(H,30,31)(H,32,33)/b19-11+. The number of carboxylic acids is 1. The molecule has 0 aliphatic rings. The minimum Gasteiger partial charge on any atom is -0.490 e. The lowest BCUT2D eigenvalue weighted by Crippen LogP contribution is -2.13. The van der Waals surface area contributed by atoms with E-state index in [0.29, 0.717) is 38.9 Å². The summed E-state index contributed by atoms with van der Waals surface area (Å²) >= 11 is 9.33. The van der Waals surface area contributed by atoms with Gasteiger partial charge < -0.3 is 19.9 Å². The molecule has 3 aromatic carbocycles. The first-order valence-electron chi connectivity index (χ1n) is 10.4. The van der Waals surface area contributed by atoms with Gasteiger partial charge in [0.1, 0.15) is 18.2 Å². The van der Waals surface area contributed by atoms with E-state index < -0.39 is 11.9 Å². The first-order valence-corrected chi connectivity index (χ1v) is 11.6. The summed E-state index contributed by atoms with van der Waals surface area (Å²) in [4.78, 5) is 23.6. The Bertz CT molecular complexity index is 1300. The van der Waals surface area contributed by atoms with Crippen LogP contribution in [0.3, 0.4) is 0 Å². The van der Waals surface area contributed by atoms with Crippen LogP contribution in [-0.4, -0.2) is 23.6 Å². The molecule has 0 aliphatic heterocycles. The number of nitrogens with one attached hydrogen (secondary N) is 1. The summed E-state index contributed by atoms with van der Waals surface area (Å²) < 4.78 is 12.2. The van der Waals surface area contributed by atoms with Gasteiger partial charge in [0.15, 0.2) is 11.5 Å². The fourth-order valence-corrected chi connectivity index (χ4v) is 3.55. The third-order valence-corrected chi connectivity index (χ3v) is 5.66. The first kappa shape index (κ1) is 25.8. The second-order valence-corrected chi connectivity index (χ2v) is 8.47. The Morgan fingerprint density at radius 2 is 1.74 bits per heavy atom. The summed E-state index contributed by atoms with van der Waals surface area (Å²) in [6, 6.07) is 18.2. The molecule has 3 rings (SSSR count). The molecule has 0 atom stereocenters. The maximum Gasteiger partial charge on any atom is 0.335 e. The Morgan fingerprint density at radius 3 is 2.34 bits per heavy atom. The number of nitrogens with zero attached hydrogens (tertiary/aromatic N) is 1. The van der Waals surface area contributed by atoms with E-state index in [1.165, 1.54) is 18.2 Å². The highest BCUT2D eigenvalue weighted by atomic mass is 79.9. The minimum absolute atomic E-state index is 0.102. The molecule has 0 fully saturated rings. The van der Waals surface area contributed by atoms with E-state index in [1.807, 2.05) is 13.0 Å². The lowest BCUT2D eigenvalue weighted by molar-refractivity contribution is -0.112. The van der Waals surface area contributed by atoms with Crippen LogP contribution >= 0.6 is 27.5 Å². The van der Waals surface area contributed by atoms with E-state index in [1.54, 1.807) is 48.5 Å². The molecule has 0 spiro atoms. The van der Waals surface area contributed by atoms with Gasteiger partial charge in [0, 0.05) is 15.2 Å². The third-order valence-electron chi connectivity index (χ3n) is 4.73. The van der Waals surface area contributed by atoms with Crippen LogP contribution in [0.2, 0.25) is 5.02 Å². The fraction of sp³-hybridized carbons (Fsp3) is 0.115. The monoisotopic (exact) mass is 554 g/mol. The number of halogens is 2. The van der Waals surface area contributed by atoms with E-state index in [-0.39, 0.29) is 17.7 Å². The summed E-state index contributed by atoms with van der Waals surface area (Å²) in [5.74, 6) is -0.686. The van der Waals surface area contributed by atoms with Crippen LogP contribution in [0.25, 0.3) is 6.08 Å². The van der Waals surface area contributed by atoms with Gasteiger partial charge in [-0.15, -0.1) is 0 Å². The number of carboxylic acid groups (broad SMARTS) is 1. The van der Waals surface area contributed by atoms with Crippen molar-refractivity contribution in [3.63, 3.8) is 0 Å². The molecule has 1 amide bonds. The Labute approximate surface area is 215 Å². The Morgan fingerprint density at radius 1 is 1.09 bits per heavy atom. The predicted octanol–water partition coefficient (Wildman–Crippen LogP) is 6.32. The van der Waals surface area contributed by atoms with Gasteiger partial charge in [0.05, 0.1) is 12.2 Å². The van der Waals surface area contributed by atoms with Gasteiger partial charge in [-0.1, -0.05) is 39.7 Å². The molecule has 0 saturated carbocycles. The molecule has 0 aliphatic carbocycles. The molecular formula is C26H20BrClN2O5. The first-order chi connectivity index (χ1) is 16.8. The molecule has 0 heterocycles. The number of hydrogen-bond donors (Lipinski definition) is 2. The number of nitriles is 1. The summed E-state index contributed by atoms with van der Waals surface area (Å²) in [6.45, 7) is 2.39. The van der Waals surface area contributed by atoms with Crippen molar-refractivity contribution in [2.45, 2.75) is 13.5 Å². The molecule has 2 N–H and O–H groups in total. The highest BCUT2D eigenvalue weighted by molar-refractivity contribution is 9.10. The van der Waals surface area contributed by atoms with Crippen molar-refractivity contribution < 1.29 is 24.2 Å². The van der Waals surface area contributed by atoms with Crippen molar-refractivity contribution in [1.29, 1.82) is 5.26 Å². The van der Waals surface area contributed by atoms with E-state index in [0.717, 1.165) is 5.56 Å². The molecule has 0 unspecified atom stereocenters. The largest absolute Gasteiger partial charge is 0.490 e. The molecule has 9 heteroatoms. The lowest BCUT2D eigenvalue weighted by Gasteiger charge is -2.14. The average Bonchev–Trinajstić information content (AvgIpc) is 2.84. The molecule has 0 aromatic heterocycles. The van der Waals surface area contributed by atoms with Crippen LogP contribution in [0, 0.1) is 11.3 Å². The zero-order chi connectivity index (χ0) is 25.4. The van der Waals surface area contributed by atoms with Crippen molar-refractivity contribution >= 4 is 51.2 Å². The highest BCUT2D eigenvalue weighted by Gasteiger charge is 2.14. The Balaban J connectivity index is 1.81. The predicted molar refractivity (Wildman–Crippen MR) is 137 cm³/mol. The van der Waals surface area contributed by atoms with Gasteiger partial charge in [-0.2, -0.15) is 5.26 Å². The van der Waals surface area contributed by atoms with Crippen molar-refractivity contribution in [2.24, 2.45) is 0 Å². The van der Waals surface area contributed by atoms with Crippen molar-refractivity contribution in [3.8, 4) is 17.6 Å². The summed E-state index contributed by atoms with van der Waals surface area (Å²) in [6.07, 6.45) is 1.45. The zero-order valence-corrected chi connectivity index (χ0v) is 20.9. The van der Waals surface area contributed by atoms with Crippen LogP contribution in [0.15, 0.2) is 70.7 Å². The maximum atomic E-state index is 12.6. The molecule has 3 aromatic rings. The number of hydrogen-bond acceptors (Lipinski definition) is 5. The van der Waals surface area contributed by atoms with Crippen molar-refractivity contribution in [2.75, 3.05) is 11.9 Å². The van der Waals surface area contributed by atoms with Gasteiger partial charge in [-0.3, -0.25) is 4.79 Å². The van der Waals surface area contributed by atoms with Crippen LogP contribution in [0.4, 0.5) is 5.69 Å². The van der Waals surface area contributed by atoms with Gasteiger partial charge in [0.25, 0.3) is 5.91 Å². The maximum absolute atomic E-state index is 12.6. The van der Waals surface area contributed by atoms with E-state index in [2.05, 4.69) is 21.2 Å². The number of anilines is 1. The topological polar surface area (TPSA) is 109 Å².